The smallest absolute Gasteiger partial charge is 0.246 e. The molecule has 3 rings (SSSR count). The molecule has 0 unspecified atom stereocenters. The number of para-hydroxylation sites is 1. The summed E-state index contributed by atoms with van der Waals surface area (Å²) in [5, 5.41) is 3.77. The summed E-state index contributed by atoms with van der Waals surface area (Å²) >= 11 is 0. The van der Waals surface area contributed by atoms with Crippen molar-refractivity contribution in [2.24, 2.45) is 0 Å². The van der Waals surface area contributed by atoms with Gasteiger partial charge in [-0.2, -0.15) is 4.98 Å². The Hall–Kier alpha value is -2.17. The van der Waals surface area contributed by atoms with E-state index in [1.165, 1.54) is 0 Å². The molecule has 2 aromatic rings. The summed E-state index contributed by atoms with van der Waals surface area (Å²) in [5.74, 6) is 1.41. The molecule has 18 heavy (non-hydrogen) atoms. The SMILES string of the molecule is Cc1noc(CN2CCC(=O)c3ccccc32)n1. The minimum Gasteiger partial charge on any atom is -0.361 e. The summed E-state index contributed by atoms with van der Waals surface area (Å²) in [5.41, 5.74) is 1.73. The molecule has 0 bridgehead atoms. The van der Waals surface area contributed by atoms with Gasteiger partial charge in [0, 0.05) is 24.2 Å². The highest BCUT2D eigenvalue weighted by Gasteiger charge is 2.23. The van der Waals surface area contributed by atoms with Crippen LogP contribution in [-0.4, -0.2) is 22.5 Å². The van der Waals surface area contributed by atoms with Crippen LogP contribution in [0.3, 0.4) is 0 Å². The number of carbonyl (C=O) groups excluding carboxylic acids is 1. The van der Waals surface area contributed by atoms with Crippen molar-refractivity contribution in [3.05, 3.63) is 41.5 Å². The second kappa shape index (κ2) is 4.25. The Bertz CT molecular complexity index is 591. The van der Waals surface area contributed by atoms with E-state index < -0.39 is 0 Å². The molecule has 1 aliphatic rings. The van der Waals surface area contributed by atoms with Gasteiger partial charge in [-0.05, 0) is 19.1 Å². The van der Waals surface area contributed by atoms with Gasteiger partial charge in [-0.3, -0.25) is 4.79 Å². The molecule has 0 fully saturated rings. The summed E-state index contributed by atoms with van der Waals surface area (Å²) in [7, 11) is 0. The number of rotatable bonds is 2. The maximum atomic E-state index is 11.8. The average Bonchev–Trinajstić information content (AvgIpc) is 2.79. The van der Waals surface area contributed by atoms with Gasteiger partial charge in [-0.15, -0.1) is 0 Å². The first-order valence-electron chi connectivity index (χ1n) is 5.90. The summed E-state index contributed by atoms with van der Waals surface area (Å²) in [6.07, 6.45) is 0.532. The molecule has 92 valence electrons. The molecular weight excluding hydrogens is 230 g/mol. The Morgan fingerprint density at radius 3 is 3.00 bits per heavy atom. The number of benzene rings is 1. The maximum Gasteiger partial charge on any atom is 0.246 e. The monoisotopic (exact) mass is 243 g/mol. The minimum absolute atomic E-state index is 0.198. The summed E-state index contributed by atoms with van der Waals surface area (Å²) in [6, 6.07) is 7.64. The third-order valence-corrected chi connectivity index (χ3v) is 3.05. The highest BCUT2D eigenvalue weighted by molar-refractivity contribution is 6.03. The third kappa shape index (κ3) is 1.88. The van der Waals surface area contributed by atoms with Crippen LogP contribution in [0.2, 0.25) is 0 Å². The summed E-state index contributed by atoms with van der Waals surface area (Å²) in [4.78, 5) is 18.1. The van der Waals surface area contributed by atoms with Gasteiger partial charge in [0.1, 0.15) is 0 Å². The van der Waals surface area contributed by atoms with E-state index in [1.807, 2.05) is 24.3 Å². The van der Waals surface area contributed by atoms with Crippen molar-refractivity contribution in [2.45, 2.75) is 19.9 Å². The number of anilines is 1. The zero-order valence-corrected chi connectivity index (χ0v) is 10.1. The molecule has 1 aromatic heterocycles. The number of aromatic nitrogens is 2. The highest BCUT2D eigenvalue weighted by Crippen LogP contribution is 2.27. The van der Waals surface area contributed by atoms with Crippen LogP contribution in [-0.2, 0) is 6.54 Å². The van der Waals surface area contributed by atoms with Gasteiger partial charge < -0.3 is 9.42 Å². The quantitative estimate of drug-likeness (QED) is 0.807. The first-order valence-corrected chi connectivity index (χ1v) is 5.90. The molecule has 1 aromatic carbocycles. The van der Waals surface area contributed by atoms with Gasteiger partial charge in [-0.1, -0.05) is 17.3 Å². The minimum atomic E-state index is 0.198. The number of fused-ring (bicyclic) bond motifs is 1. The topological polar surface area (TPSA) is 59.2 Å². The van der Waals surface area contributed by atoms with E-state index in [2.05, 4.69) is 15.0 Å². The van der Waals surface area contributed by atoms with Crippen LogP contribution in [0.1, 0.15) is 28.5 Å². The van der Waals surface area contributed by atoms with Gasteiger partial charge in [0.25, 0.3) is 0 Å². The summed E-state index contributed by atoms with van der Waals surface area (Å²) < 4.78 is 5.12. The van der Waals surface area contributed by atoms with E-state index in [0.29, 0.717) is 31.2 Å². The van der Waals surface area contributed by atoms with Gasteiger partial charge in [0.2, 0.25) is 5.89 Å². The van der Waals surface area contributed by atoms with Crippen molar-refractivity contribution in [3.8, 4) is 0 Å². The third-order valence-electron chi connectivity index (χ3n) is 3.05. The normalized spacial score (nSPS) is 14.7. The second-order valence-corrected chi connectivity index (χ2v) is 4.35. The van der Waals surface area contributed by atoms with Gasteiger partial charge in [0.05, 0.1) is 6.54 Å². The maximum absolute atomic E-state index is 11.8. The second-order valence-electron chi connectivity index (χ2n) is 4.35. The molecule has 0 amide bonds. The van der Waals surface area contributed by atoms with Crippen molar-refractivity contribution >= 4 is 11.5 Å². The number of hydrogen-bond donors (Lipinski definition) is 0. The molecule has 2 heterocycles. The number of hydrogen-bond acceptors (Lipinski definition) is 5. The van der Waals surface area contributed by atoms with Crippen molar-refractivity contribution in [1.82, 2.24) is 10.1 Å². The van der Waals surface area contributed by atoms with Crippen LogP contribution in [0.15, 0.2) is 28.8 Å². The lowest BCUT2D eigenvalue weighted by molar-refractivity contribution is 0.0979. The van der Waals surface area contributed by atoms with Crippen molar-refractivity contribution in [3.63, 3.8) is 0 Å². The fraction of sp³-hybridized carbons (Fsp3) is 0.308. The Labute approximate surface area is 104 Å². The van der Waals surface area contributed by atoms with E-state index in [1.54, 1.807) is 6.92 Å². The van der Waals surface area contributed by atoms with Crippen molar-refractivity contribution < 1.29 is 9.32 Å². The molecule has 0 atom stereocenters. The Morgan fingerprint density at radius 2 is 2.22 bits per heavy atom. The predicted molar refractivity (Wildman–Crippen MR) is 65.5 cm³/mol. The molecule has 5 nitrogen and oxygen atoms in total. The molecular formula is C13H13N3O2. The molecule has 0 saturated carbocycles. The van der Waals surface area contributed by atoms with E-state index >= 15 is 0 Å². The largest absolute Gasteiger partial charge is 0.361 e. The zero-order chi connectivity index (χ0) is 12.5. The van der Waals surface area contributed by atoms with Gasteiger partial charge >= 0.3 is 0 Å². The lowest BCUT2D eigenvalue weighted by Crippen LogP contribution is -2.31. The van der Waals surface area contributed by atoms with E-state index in [-0.39, 0.29) is 5.78 Å². The van der Waals surface area contributed by atoms with E-state index in [0.717, 1.165) is 11.3 Å². The number of ketones is 1. The molecule has 0 N–H and O–H groups in total. The molecule has 1 aliphatic heterocycles. The first kappa shape index (κ1) is 11.0. The molecule has 5 heteroatoms. The molecule has 0 radical (unpaired) electrons. The number of aryl methyl sites for hydroxylation is 1. The van der Waals surface area contributed by atoms with Crippen LogP contribution >= 0.6 is 0 Å². The first-order chi connectivity index (χ1) is 8.74. The Morgan fingerprint density at radius 1 is 1.39 bits per heavy atom. The zero-order valence-electron chi connectivity index (χ0n) is 10.1. The average molecular weight is 243 g/mol. The van der Waals surface area contributed by atoms with Crippen molar-refractivity contribution in [2.75, 3.05) is 11.4 Å². The van der Waals surface area contributed by atoms with Gasteiger partial charge in [-0.25, -0.2) is 0 Å². The van der Waals surface area contributed by atoms with Crippen LogP contribution in [0.4, 0.5) is 5.69 Å². The molecule has 0 saturated heterocycles. The van der Waals surface area contributed by atoms with Crippen LogP contribution in [0.5, 0.6) is 0 Å². The number of Topliss-reactive ketones (excluding diaryl/α,β-unsaturated/α-hetero) is 1. The number of nitrogens with zero attached hydrogens (tertiary/aromatic N) is 3. The van der Waals surface area contributed by atoms with Gasteiger partial charge in [0.15, 0.2) is 11.6 Å². The lowest BCUT2D eigenvalue weighted by Gasteiger charge is -2.29. The number of carbonyl (C=O) groups is 1. The van der Waals surface area contributed by atoms with E-state index in [4.69, 9.17) is 4.52 Å². The predicted octanol–water partition coefficient (Wildman–Crippen LogP) is 1.97. The Balaban J connectivity index is 1.90. The fourth-order valence-electron chi connectivity index (χ4n) is 2.21. The van der Waals surface area contributed by atoms with Crippen LogP contribution < -0.4 is 4.90 Å². The van der Waals surface area contributed by atoms with E-state index in [9.17, 15) is 4.79 Å². The standard InChI is InChI=1S/C13H13N3O2/c1-9-14-13(18-15-9)8-16-7-6-12(17)10-4-2-3-5-11(10)16/h2-5H,6-8H2,1H3. The van der Waals surface area contributed by atoms with Crippen LogP contribution in [0.25, 0.3) is 0 Å². The highest BCUT2D eigenvalue weighted by atomic mass is 16.5. The fourth-order valence-corrected chi connectivity index (χ4v) is 2.21. The summed E-state index contributed by atoms with van der Waals surface area (Å²) in [6.45, 7) is 3.03. The molecule has 0 aliphatic carbocycles. The van der Waals surface area contributed by atoms with Crippen LogP contribution in [0, 0.1) is 6.92 Å². The lowest BCUT2D eigenvalue weighted by atomic mass is 10.0. The molecule has 0 spiro atoms. The Kier molecular flexibility index (Phi) is 2.59. The van der Waals surface area contributed by atoms with Crippen molar-refractivity contribution in [1.29, 1.82) is 0 Å².